The van der Waals surface area contributed by atoms with Crippen molar-refractivity contribution in [3.8, 4) is 0 Å². The molecule has 82 valence electrons. The highest BCUT2D eigenvalue weighted by Crippen LogP contribution is 2.28. The van der Waals surface area contributed by atoms with E-state index in [0.29, 0.717) is 0 Å². The number of benzene rings is 1. The number of piperazine rings is 1. The number of rotatable bonds is 1. The smallest absolute Gasteiger partial charge is 0.0947 e. The summed E-state index contributed by atoms with van der Waals surface area (Å²) >= 11 is 3.57. The summed E-state index contributed by atoms with van der Waals surface area (Å²) in [7, 11) is 2.25. The van der Waals surface area contributed by atoms with Crippen molar-refractivity contribution in [2.45, 2.75) is 0 Å². The molecule has 1 saturated heterocycles. The first kappa shape index (κ1) is 10.8. The van der Waals surface area contributed by atoms with Crippen LogP contribution in [0.4, 0.5) is 11.4 Å². The minimum Gasteiger partial charge on any atom is -0.399 e. The van der Waals surface area contributed by atoms with Crippen molar-refractivity contribution in [1.82, 2.24) is 0 Å². The van der Waals surface area contributed by atoms with Crippen LogP contribution in [0.15, 0.2) is 22.7 Å². The third kappa shape index (κ3) is 2.44. The Morgan fingerprint density at radius 2 is 2.00 bits per heavy atom. The van der Waals surface area contributed by atoms with Gasteiger partial charge < -0.3 is 15.5 Å². The molecule has 1 aliphatic rings. The predicted molar refractivity (Wildman–Crippen MR) is 67.4 cm³/mol. The van der Waals surface area contributed by atoms with Gasteiger partial charge in [0.25, 0.3) is 0 Å². The lowest BCUT2D eigenvalue weighted by atomic mass is 10.2. The topological polar surface area (TPSA) is 33.7 Å². The first-order valence-corrected chi connectivity index (χ1v) is 6.07. The van der Waals surface area contributed by atoms with E-state index in [1.165, 1.54) is 18.8 Å². The SMILES string of the molecule is C[NH+]1CCN(c2ccc(N)cc2Br)CC1. The molecule has 1 aliphatic heterocycles. The Morgan fingerprint density at radius 1 is 1.33 bits per heavy atom. The molecule has 4 heteroatoms. The average Bonchev–Trinajstić information content (AvgIpc) is 2.20. The van der Waals surface area contributed by atoms with Crippen LogP contribution in [0, 0.1) is 0 Å². The highest BCUT2D eigenvalue weighted by atomic mass is 79.9. The van der Waals surface area contributed by atoms with Gasteiger partial charge in [-0.05, 0) is 34.1 Å². The van der Waals surface area contributed by atoms with Gasteiger partial charge in [-0.25, -0.2) is 0 Å². The van der Waals surface area contributed by atoms with Crippen molar-refractivity contribution in [3.63, 3.8) is 0 Å². The van der Waals surface area contributed by atoms with Crippen LogP contribution in [0.25, 0.3) is 0 Å². The molecule has 1 aromatic carbocycles. The Hall–Kier alpha value is -0.740. The standard InChI is InChI=1S/C11H16BrN3/c1-14-4-6-15(7-5-14)11-3-2-9(13)8-10(11)12/h2-3,8H,4-7,13H2,1H3/p+1. The summed E-state index contributed by atoms with van der Waals surface area (Å²) in [6.07, 6.45) is 0. The van der Waals surface area contributed by atoms with Crippen LogP contribution < -0.4 is 15.5 Å². The molecule has 2 rings (SSSR count). The first-order valence-electron chi connectivity index (χ1n) is 5.28. The molecule has 3 N–H and O–H groups in total. The lowest BCUT2D eigenvalue weighted by Gasteiger charge is -2.32. The molecule has 3 nitrogen and oxygen atoms in total. The molecule has 1 heterocycles. The number of hydrogen-bond acceptors (Lipinski definition) is 2. The van der Waals surface area contributed by atoms with Crippen molar-refractivity contribution in [2.24, 2.45) is 0 Å². The van der Waals surface area contributed by atoms with Crippen LogP contribution in [0.1, 0.15) is 0 Å². The van der Waals surface area contributed by atoms with E-state index in [0.717, 1.165) is 23.2 Å². The largest absolute Gasteiger partial charge is 0.399 e. The first-order chi connectivity index (χ1) is 7.16. The van der Waals surface area contributed by atoms with Crippen molar-refractivity contribution < 1.29 is 4.90 Å². The van der Waals surface area contributed by atoms with Gasteiger partial charge in [-0.2, -0.15) is 0 Å². The van der Waals surface area contributed by atoms with Crippen LogP contribution in [0.5, 0.6) is 0 Å². The molecule has 0 amide bonds. The van der Waals surface area contributed by atoms with E-state index >= 15 is 0 Å². The van der Waals surface area contributed by atoms with Gasteiger partial charge in [0.2, 0.25) is 0 Å². The highest BCUT2D eigenvalue weighted by Gasteiger charge is 2.18. The van der Waals surface area contributed by atoms with E-state index in [-0.39, 0.29) is 0 Å². The Bertz CT molecular complexity index is 346. The second-order valence-corrected chi connectivity index (χ2v) is 5.01. The maximum absolute atomic E-state index is 5.73. The fourth-order valence-corrected chi connectivity index (χ4v) is 2.56. The summed E-state index contributed by atoms with van der Waals surface area (Å²) in [6, 6.07) is 6.03. The van der Waals surface area contributed by atoms with E-state index in [2.05, 4.69) is 33.9 Å². The summed E-state index contributed by atoms with van der Waals surface area (Å²) in [5, 5.41) is 0. The molecule has 0 radical (unpaired) electrons. The van der Waals surface area contributed by atoms with Gasteiger partial charge in [-0.15, -0.1) is 0 Å². The second-order valence-electron chi connectivity index (χ2n) is 4.16. The molecular formula is C11H17BrN3+. The molecule has 0 aliphatic carbocycles. The summed E-state index contributed by atoms with van der Waals surface area (Å²) in [6.45, 7) is 4.65. The lowest BCUT2D eigenvalue weighted by molar-refractivity contribution is -0.880. The normalized spacial score (nSPS) is 18.1. The molecule has 0 unspecified atom stereocenters. The number of nitrogens with two attached hydrogens (primary N) is 1. The highest BCUT2D eigenvalue weighted by molar-refractivity contribution is 9.10. The van der Waals surface area contributed by atoms with E-state index in [1.54, 1.807) is 4.90 Å². The molecule has 1 fully saturated rings. The number of quaternary nitrogens is 1. The Balaban J connectivity index is 2.15. The summed E-state index contributed by atoms with van der Waals surface area (Å²) in [5.41, 5.74) is 7.80. The van der Waals surface area contributed by atoms with Gasteiger partial charge in [0.05, 0.1) is 38.9 Å². The van der Waals surface area contributed by atoms with Crippen molar-refractivity contribution in [2.75, 3.05) is 43.9 Å². The summed E-state index contributed by atoms with van der Waals surface area (Å²) in [5.74, 6) is 0. The fourth-order valence-electron chi connectivity index (χ4n) is 1.91. The quantitative estimate of drug-likeness (QED) is 0.723. The number of nitrogens with one attached hydrogen (secondary N) is 1. The van der Waals surface area contributed by atoms with Gasteiger partial charge >= 0.3 is 0 Å². The van der Waals surface area contributed by atoms with Crippen molar-refractivity contribution in [3.05, 3.63) is 22.7 Å². The van der Waals surface area contributed by atoms with Gasteiger partial charge in [0, 0.05) is 10.2 Å². The Morgan fingerprint density at radius 3 is 2.60 bits per heavy atom. The third-order valence-electron chi connectivity index (χ3n) is 2.93. The number of nitrogens with zero attached hydrogens (tertiary/aromatic N) is 1. The van der Waals surface area contributed by atoms with E-state index in [4.69, 9.17) is 5.73 Å². The zero-order valence-electron chi connectivity index (χ0n) is 8.96. The molecule has 0 saturated carbocycles. The number of likely N-dealkylation sites (N-methyl/N-ethyl adjacent to an activating group) is 1. The van der Waals surface area contributed by atoms with Crippen molar-refractivity contribution in [1.29, 1.82) is 0 Å². The van der Waals surface area contributed by atoms with Gasteiger partial charge in [-0.1, -0.05) is 0 Å². The molecular weight excluding hydrogens is 254 g/mol. The van der Waals surface area contributed by atoms with Crippen molar-refractivity contribution >= 4 is 27.3 Å². The number of anilines is 2. The minimum atomic E-state index is 0.811. The molecule has 15 heavy (non-hydrogen) atoms. The van der Waals surface area contributed by atoms with Crippen LogP contribution in [-0.2, 0) is 0 Å². The maximum Gasteiger partial charge on any atom is 0.0947 e. The second kappa shape index (κ2) is 4.41. The summed E-state index contributed by atoms with van der Waals surface area (Å²) in [4.78, 5) is 4.02. The van der Waals surface area contributed by atoms with E-state index in [1.807, 2.05) is 12.1 Å². The van der Waals surface area contributed by atoms with E-state index < -0.39 is 0 Å². The zero-order valence-corrected chi connectivity index (χ0v) is 10.5. The fraction of sp³-hybridized carbons (Fsp3) is 0.455. The monoisotopic (exact) mass is 270 g/mol. The van der Waals surface area contributed by atoms with Crippen LogP contribution in [0.3, 0.4) is 0 Å². The minimum absolute atomic E-state index is 0.811. The third-order valence-corrected chi connectivity index (χ3v) is 3.56. The molecule has 1 aromatic rings. The lowest BCUT2D eigenvalue weighted by Crippen LogP contribution is -3.12. The molecule has 0 bridgehead atoms. The Kier molecular flexibility index (Phi) is 3.17. The van der Waals surface area contributed by atoms with Gasteiger partial charge in [0.15, 0.2) is 0 Å². The van der Waals surface area contributed by atoms with Crippen LogP contribution in [-0.4, -0.2) is 33.2 Å². The number of halogens is 1. The number of nitrogen functional groups attached to an aromatic ring is 1. The zero-order chi connectivity index (χ0) is 10.8. The molecule has 0 spiro atoms. The van der Waals surface area contributed by atoms with Gasteiger partial charge in [-0.3, -0.25) is 0 Å². The van der Waals surface area contributed by atoms with Crippen LogP contribution in [0.2, 0.25) is 0 Å². The average molecular weight is 271 g/mol. The Labute approximate surface area is 99.0 Å². The van der Waals surface area contributed by atoms with Crippen LogP contribution >= 0.6 is 15.9 Å². The van der Waals surface area contributed by atoms with E-state index in [9.17, 15) is 0 Å². The summed E-state index contributed by atoms with van der Waals surface area (Å²) < 4.78 is 1.10. The van der Waals surface area contributed by atoms with Gasteiger partial charge in [0.1, 0.15) is 0 Å². The molecule has 0 aromatic heterocycles. The maximum atomic E-state index is 5.73. The number of hydrogen-bond donors (Lipinski definition) is 2. The molecule has 0 atom stereocenters. The predicted octanol–water partition coefficient (Wildman–Crippen LogP) is 0.366.